The summed E-state index contributed by atoms with van der Waals surface area (Å²) in [4.78, 5) is 36.5. The van der Waals surface area contributed by atoms with Crippen molar-refractivity contribution in [2.45, 2.75) is 13.0 Å². The normalized spacial score (nSPS) is 11.7. The highest BCUT2D eigenvalue weighted by atomic mass is 16.2. The number of anilines is 1. The SMILES string of the molecule is C[C@H](NC(=O)c1c(N)nn2cccnc12)c1nc2cccc(C#Cc3ccn[nH]3)c2c(=O)n1-c1ccccc1. The van der Waals surface area contributed by atoms with Crippen LogP contribution in [0.1, 0.15) is 40.4 Å². The fourth-order valence-electron chi connectivity index (χ4n) is 4.38. The number of nitrogens with two attached hydrogens (primary N) is 1. The third-order valence-corrected chi connectivity index (χ3v) is 6.15. The maximum atomic E-state index is 14.1. The number of aromatic nitrogens is 7. The summed E-state index contributed by atoms with van der Waals surface area (Å²) in [5.74, 6) is 5.95. The van der Waals surface area contributed by atoms with Crippen molar-refractivity contribution in [1.29, 1.82) is 0 Å². The van der Waals surface area contributed by atoms with Gasteiger partial charge in [-0.15, -0.1) is 5.10 Å². The molecule has 4 aromatic heterocycles. The molecule has 0 aliphatic carbocycles. The molecule has 0 spiro atoms. The Bertz CT molecular complexity index is 1960. The lowest BCUT2D eigenvalue weighted by atomic mass is 10.1. The Balaban J connectivity index is 1.48. The van der Waals surface area contributed by atoms with E-state index in [1.165, 1.54) is 9.08 Å². The van der Waals surface area contributed by atoms with Gasteiger partial charge in [0.1, 0.15) is 17.1 Å². The van der Waals surface area contributed by atoms with Crippen molar-refractivity contribution in [3.05, 3.63) is 112 Å². The van der Waals surface area contributed by atoms with Crippen molar-refractivity contribution in [2.24, 2.45) is 0 Å². The summed E-state index contributed by atoms with van der Waals surface area (Å²) < 4.78 is 2.93. The van der Waals surface area contributed by atoms with Crippen LogP contribution in [0.5, 0.6) is 0 Å². The van der Waals surface area contributed by atoms with Gasteiger partial charge >= 0.3 is 0 Å². The predicted molar refractivity (Wildman–Crippen MR) is 145 cm³/mol. The standard InChI is InChI=1S/C28H21N9O2/c1-17(32-27(38)23-24(29)35-36-16-6-14-30-26(23)36)25-33-21-10-5-7-18(11-12-19-13-15-31-34-19)22(21)28(39)37(25)20-8-3-2-4-9-20/h2-10,13-17H,1H3,(H2,29,35)(H,31,34)(H,32,38)/t17-/m0/s1. The van der Waals surface area contributed by atoms with E-state index in [2.05, 4.69) is 37.4 Å². The zero-order valence-corrected chi connectivity index (χ0v) is 20.7. The van der Waals surface area contributed by atoms with Crippen molar-refractivity contribution >= 4 is 28.3 Å². The van der Waals surface area contributed by atoms with Gasteiger partial charge < -0.3 is 11.1 Å². The van der Waals surface area contributed by atoms with Crippen LogP contribution in [0.4, 0.5) is 5.82 Å². The molecule has 4 N–H and O–H groups in total. The van der Waals surface area contributed by atoms with Gasteiger partial charge in [0.2, 0.25) is 0 Å². The van der Waals surface area contributed by atoms with Crippen molar-refractivity contribution in [2.75, 3.05) is 5.73 Å². The van der Waals surface area contributed by atoms with Gasteiger partial charge in [-0.05, 0) is 49.2 Å². The van der Waals surface area contributed by atoms with Crippen LogP contribution in [0.15, 0.2) is 84.0 Å². The number of amides is 1. The molecule has 11 heteroatoms. The van der Waals surface area contributed by atoms with Crippen LogP contribution >= 0.6 is 0 Å². The summed E-state index contributed by atoms with van der Waals surface area (Å²) in [6.07, 6.45) is 4.82. The van der Waals surface area contributed by atoms with E-state index in [1.54, 1.807) is 68.0 Å². The zero-order chi connectivity index (χ0) is 26.9. The number of aromatic amines is 1. The van der Waals surface area contributed by atoms with E-state index in [4.69, 9.17) is 10.7 Å². The summed E-state index contributed by atoms with van der Waals surface area (Å²) in [7, 11) is 0. The molecule has 4 heterocycles. The van der Waals surface area contributed by atoms with E-state index in [0.717, 1.165) is 0 Å². The Hall–Kier alpha value is -5.76. The number of nitrogens with one attached hydrogen (secondary N) is 2. The van der Waals surface area contributed by atoms with Crippen molar-refractivity contribution < 1.29 is 4.79 Å². The molecular weight excluding hydrogens is 494 g/mol. The fraction of sp³-hybridized carbons (Fsp3) is 0.0714. The van der Waals surface area contributed by atoms with Gasteiger partial charge in [0.15, 0.2) is 11.5 Å². The van der Waals surface area contributed by atoms with Gasteiger partial charge in [-0.2, -0.15) is 5.10 Å². The average Bonchev–Trinajstić information content (AvgIpc) is 3.59. The number of hydrogen-bond donors (Lipinski definition) is 3. The van der Waals surface area contributed by atoms with Crippen molar-refractivity contribution in [3.63, 3.8) is 0 Å². The number of H-pyrrole nitrogens is 1. The zero-order valence-electron chi connectivity index (χ0n) is 20.7. The Kier molecular flexibility index (Phi) is 5.82. The molecule has 190 valence electrons. The monoisotopic (exact) mass is 515 g/mol. The smallest absolute Gasteiger partial charge is 0.267 e. The predicted octanol–water partition coefficient (Wildman–Crippen LogP) is 2.62. The van der Waals surface area contributed by atoms with Crippen molar-refractivity contribution in [3.8, 4) is 17.5 Å². The summed E-state index contributed by atoms with van der Waals surface area (Å²) in [5.41, 5.74) is 8.41. The van der Waals surface area contributed by atoms with E-state index < -0.39 is 11.9 Å². The number of nitrogens with zero attached hydrogens (tertiary/aromatic N) is 6. The van der Waals surface area contributed by atoms with Gasteiger partial charge in [0, 0.05) is 24.2 Å². The highest BCUT2D eigenvalue weighted by Gasteiger charge is 2.24. The molecule has 0 bridgehead atoms. The molecule has 0 saturated carbocycles. The minimum atomic E-state index is -0.687. The second-order valence-corrected chi connectivity index (χ2v) is 8.71. The van der Waals surface area contributed by atoms with Gasteiger partial charge in [0.25, 0.3) is 11.5 Å². The van der Waals surface area contributed by atoms with Crippen LogP contribution < -0.4 is 16.6 Å². The Morgan fingerprint density at radius 1 is 1.05 bits per heavy atom. The molecule has 6 aromatic rings. The summed E-state index contributed by atoms with van der Waals surface area (Å²) >= 11 is 0. The number of benzene rings is 2. The van der Waals surface area contributed by atoms with E-state index in [1.807, 2.05) is 18.2 Å². The van der Waals surface area contributed by atoms with Crippen molar-refractivity contribution in [1.82, 2.24) is 39.7 Å². The topological polar surface area (TPSA) is 149 Å². The molecule has 0 aliphatic heterocycles. The number of carbonyl (C=O) groups excluding carboxylic acids is 1. The highest BCUT2D eigenvalue weighted by Crippen LogP contribution is 2.22. The van der Waals surface area contributed by atoms with E-state index in [9.17, 15) is 9.59 Å². The first kappa shape index (κ1) is 23.6. The first-order chi connectivity index (χ1) is 19.0. The quantitative estimate of drug-likeness (QED) is 0.306. The summed E-state index contributed by atoms with van der Waals surface area (Å²) in [6, 6.07) is 17.2. The van der Waals surface area contributed by atoms with Gasteiger partial charge in [-0.1, -0.05) is 30.2 Å². The largest absolute Gasteiger partial charge is 0.381 e. The Morgan fingerprint density at radius 3 is 2.69 bits per heavy atom. The maximum absolute atomic E-state index is 14.1. The van der Waals surface area contributed by atoms with Crippen LogP contribution in [-0.4, -0.2) is 40.3 Å². The number of para-hydroxylation sites is 1. The minimum Gasteiger partial charge on any atom is -0.381 e. The van der Waals surface area contributed by atoms with Crippen LogP contribution in [0.3, 0.4) is 0 Å². The molecule has 1 amide bonds. The summed E-state index contributed by atoms with van der Waals surface area (Å²) in [6.45, 7) is 1.75. The number of fused-ring (bicyclic) bond motifs is 2. The number of nitrogen functional groups attached to an aromatic ring is 1. The molecule has 0 radical (unpaired) electrons. The lowest BCUT2D eigenvalue weighted by molar-refractivity contribution is 0.0940. The molecule has 2 aromatic carbocycles. The number of hydrogen-bond acceptors (Lipinski definition) is 7. The first-order valence-electron chi connectivity index (χ1n) is 12.0. The third-order valence-electron chi connectivity index (χ3n) is 6.15. The fourth-order valence-corrected chi connectivity index (χ4v) is 4.38. The van der Waals surface area contributed by atoms with Crippen LogP contribution in [0.25, 0.3) is 22.2 Å². The molecule has 0 aliphatic rings. The van der Waals surface area contributed by atoms with E-state index in [-0.39, 0.29) is 16.9 Å². The molecule has 39 heavy (non-hydrogen) atoms. The molecule has 0 fully saturated rings. The molecule has 6 rings (SSSR count). The molecule has 1 atom stereocenters. The van der Waals surface area contributed by atoms with Crippen LogP contribution in [0, 0.1) is 11.8 Å². The number of rotatable bonds is 4. The van der Waals surface area contributed by atoms with Crippen LogP contribution in [-0.2, 0) is 0 Å². The number of carbonyl (C=O) groups is 1. The molecule has 0 saturated heterocycles. The lowest BCUT2D eigenvalue weighted by Crippen LogP contribution is -2.33. The molecule has 11 nitrogen and oxygen atoms in total. The van der Waals surface area contributed by atoms with Gasteiger partial charge in [0.05, 0.1) is 22.6 Å². The third kappa shape index (κ3) is 4.25. The van der Waals surface area contributed by atoms with Gasteiger partial charge in [-0.3, -0.25) is 19.3 Å². The Labute approximate surface area is 221 Å². The Morgan fingerprint density at radius 2 is 1.90 bits per heavy atom. The lowest BCUT2D eigenvalue weighted by Gasteiger charge is -2.20. The maximum Gasteiger partial charge on any atom is 0.267 e. The van der Waals surface area contributed by atoms with Gasteiger partial charge in [-0.25, -0.2) is 14.5 Å². The minimum absolute atomic E-state index is 0.0470. The molecule has 0 unspecified atom stereocenters. The average molecular weight is 516 g/mol. The molecular formula is C28H21N9O2. The first-order valence-corrected chi connectivity index (χ1v) is 12.0. The van der Waals surface area contributed by atoms with Crippen LogP contribution in [0.2, 0.25) is 0 Å². The second-order valence-electron chi connectivity index (χ2n) is 8.71. The highest BCUT2D eigenvalue weighted by molar-refractivity contribution is 6.04. The van der Waals surface area contributed by atoms with E-state index >= 15 is 0 Å². The van der Waals surface area contributed by atoms with E-state index in [0.29, 0.717) is 39.3 Å². The summed E-state index contributed by atoms with van der Waals surface area (Å²) in [5, 5.41) is 14.1. The second kappa shape index (κ2) is 9.60.